The van der Waals surface area contributed by atoms with Gasteiger partial charge in [-0.05, 0) is 36.1 Å². The summed E-state index contributed by atoms with van der Waals surface area (Å²) in [6.07, 6.45) is 1.86. The Morgan fingerprint density at radius 3 is 2.29 bits per heavy atom. The van der Waals surface area contributed by atoms with Crippen LogP contribution >= 0.6 is 0 Å². The van der Waals surface area contributed by atoms with Gasteiger partial charge in [0.05, 0.1) is 6.61 Å². The molecule has 21 heavy (non-hydrogen) atoms. The minimum atomic E-state index is -0.621. The Kier molecular flexibility index (Phi) is 3.84. The summed E-state index contributed by atoms with van der Waals surface area (Å²) >= 11 is 0. The SMILES string of the molecule is O=C(Cc1ccc(F)cc1)C1(OCc2ccccc2)CC1. The fraction of sp³-hybridized carbons (Fsp3) is 0.278. The van der Waals surface area contributed by atoms with Gasteiger partial charge in [-0.1, -0.05) is 42.5 Å². The molecule has 108 valence electrons. The first-order valence-corrected chi connectivity index (χ1v) is 7.14. The second-order valence-corrected chi connectivity index (χ2v) is 5.49. The van der Waals surface area contributed by atoms with Crippen LogP contribution in [0.15, 0.2) is 54.6 Å². The fourth-order valence-corrected chi connectivity index (χ4v) is 2.36. The van der Waals surface area contributed by atoms with E-state index in [9.17, 15) is 9.18 Å². The number of halogens is 1. The lowest BCUT2D eigenvalue weighted by Crippen LogP contribution is -2.27. The molecule has 1 aliphatic carbocycles. The van der Waals surface area contributed by atoms with Gasteiger partial charge in [-0.3, -0.25) is 4.79 Å². The van der Waals surface area contributed by atoms with E-state index in [2.05, 4.69) is 0 Å². The molecule has 0 bridgehead atoms. The van der Waals surface area contributed by atoms with Crippen LogP contribution in [-0.4, -0.2) is 11.4 Å². The number of hydrogen-bond acceptors (Lipinski definition) is 2. The number of carbonyl (C=O) groups is 1. The van der Waals surface area contributed by atoms with Crippen molar-refractivity contribution in [2.24, 2.45) is 0 Å². The third-order valence-electron chi connectivity index (χ3n) is 3.85. The Labute approximate surface area is 123 Å². The van der Waals surface area contributed by atoms with Crippen LogP contribution in [0.5, 0.6) is 0 Å². The van der Waals surface area contributed by atoms with E-state index in [4.69, 9.17) is 4.74 Å². The normalized spacial score (nSPS) is 15.7. The predicted molar refractivity (Wildman–Crippen MR) is 78.3 cm³/mol. The van der Waals surface area contributed by atoms with Gasteiger partial charge in [0.15, 0.2) is 5.78 Å². The van der Waals surface area contributed by atoms with E-state index in [1.54, 1.807) is 12.1 Å². The Balaban J connectivity index is 1.60. The van der Waals surface area contributed by atoms with Crippen LogP contribution in [0.3, 0.4) is 0 Å². The van der Waals surface area contributed by atoms with E-state index in [-0.39, 0.29) is 11.6 Å². The Morgan fingerprint density at radius 1 is 1.00 bits per heavy atom. The Bertz CT molecular complexity index is 615. The third kappa shape index (κ3) is 3.37. The smallest absolute Gasteiger partial charge is 0.168 e. The topological polar surface area (TPSA) is 26.3 Å². The van der Waals surface area contributed by atoms with Crippen molar-refractivity contribution in [1.82, 2.24) is 0 Å². The fourth-order valence-electron chi connectivity index (χ4n) is 2.36. The van der Waals surface area contributed by atoms with Crippen LogP contribution in [0.25, 0.3) is 0 Å². The van der Waals surface area contributed by atoms with Crippen LogP contribution in [0.4, 0.5) is 4.39 Å². The zero-order valence-electron chi connectivity index (χ0n) is 11.7. The summed E-state index contributed by atoms with van der Waals surface area (Å²) in [6, 6.07) is 15.9. The molecule has 1 fully saturated rings. The van der Waals surface area contributed by atoms with Gasteiger partial charge < -0.3 is 4.74 Å². The number of benzene rings is 2. The number of rotatable bonds is 6. The highest BCUT2D eigenvalue weighted by molar-refractivity contribution is 5.91. The van der Waals surface area contributed by atoms with Crippen molar-refractivity contribution in [3.63, 3.8) is 0 Å². The van der Waals surface area contributed by atoms with Crippen LogP contribution in [0.2, 0.25) is 0 Å². The number of hydrogen-bond donors (Lipinski definition) is 0. The highest BCUT2D eigenvalue weighted by Gasteiger charge is 2.50. The van der Waals surface area contributed by atoms with E-state index < -0.39 is 5.60 Å². The standard InChI is InChI=1S/C18H17FO2/c19-16-8-6-14(7-9-16)12-17(20)18(10-11-18)21-13-15-4-2-1-3-5-15/h1-9H,10-13H2. The molecular formula is C18H17FO2. The number of ketones is 1. The molecule has 0 heterocycles. The minimum absolute atomic E-state index is 0.0880. The molecule has 2 aromatic carbocycles. The molecule has 0 spiro atoms. The van der Waals surface area contributed by atoms with E-state index >= 15 is 0 Å². The lowest BCUT2D eigenvalue weighted by Gasteiger charge is -2.15. The summed E-state index contributed by atoms with van der Waals surface area (Å²) in [5, 5.41) is 0. The van der Waals surface area contributed by atoms with Gasteiger partial charge in [-0.2, -0.15) is 0 Å². The van der Waals surface area contributed by atoms with Crippen LogP contribution < -0.4 is 0 Å². The number of carbonyl (C=O) groups excluding carboxylic acids is 1. The molecule has 0 N–H and O–H groups in total. The lowest BCUT2D eigenvalue weighted by atomic mass is 10.0. The highest BCUT2D eigenvalue weighted by Crippen LogP contribution is 2.42. The van der Waals surface area contributed by atoms with Crippen molar-refractivity contribution in [3.05, 3.63) is 71.5 Å². The first-order valence-electron chi connectivity index (χ1n) is 7.14. The monoisotopic (exact) mass is 284 g/mol. The van der Waals surface area contributed by atoms with Crippen molar-refractivity contribution in [2.45, 2.75) is 31.5 Å². The average molecular weight is 284 g/mol. The Morgan fingerprint density at radius 2 is 1.67 bits per heavy atom. The molecule has 0 aromatic heterocycles. The van der Waals surface area contributed by atoms with Gasteiger partial charge in [-0.25, -0.2) is 4.39 Å². The summed E-state index contributed by atoms with van der Waals surface area (Å²) in [6.45, 7) is 0.454. The predicted octanol–water partition coefficient (Wildman–Crippen LogP) is 3.69. The molecule has 0 aliphatic heterocycles. The molecule has 1 saturated carbocycles. The molecule has 2 nitrogen and oxygen atoms in total. The van der Waals surface area contributed by atoms with Crippen LogP contribution in [0.1, 0.15) is 24.0 Å². The molecule has 0 atom stereocenters. The molecule has 3 heteroatoms. The molecule has 0 unspecified atom stereocenters. The molecular weight excluding hydrogens is 267 g/mol. The summed E-state index contributed by atoms with van der Waals surface area (Å²) < 4.78 is 18.7. The lowest BCUT2D eigenvalue weighted by molar-refractivity contribution is -0.133. The second-order valence-electron chi connectivity index (χ2n) is 5.49. The van der Waals surface area contributed by atoms with Gasteiger partial charge in [0, 0.05) is 6.42 Å². The summed E-state index contributed by atoms with van der Waals surface area (Å²) in [5.74, 6) is -0.197. The van der Waals surface area contributed by atoms with Crippen molar-refractivity contribution in [3.8, 4) is 0 Å². The molecule has 1 aliphatic rings. The first kappa shape index (κ1) is 14.0. The van der Waals surface area contributed by atoms with E-state index in [1.165, 1.54) is 12.1 Å². The third-order valence-corrected chi connectivity index (χ3v) is 3.85. The maximum absolute atomic E-state index is 12.9. The summed E-state index contributed by atoms with van der Waals surface area (Å²) in [5.41, 5.74) is 1.28. The van der Waals surface area contributed by atoms with Gasteiger partial charge in [0.1, 0.15) is 11.4 Å². The van der Waals surface area contributed by atoms with E-state index in [1.807, 2.05) is 30.3 Å². The minimum Gasteiger partial charge on any atom is -0.363 e. The first-order chi connectivity index (χ1) is 10.2. The number of ether oxygens (including phenoxy) is 1. The second kappa shape index (κ2) is 5.78. The summed E-state index contributed by atoms with van der Waals surface area (Å²) in [7, 11) is 0. The summed E-state index contributed by atoms with van der Waals surface area (Å²) in [4.78, 5) is 12.4. The molecule has 0 amide bonds. The largest absolute Gasteiger partial charge is 0.363 e. The zero-order chi connectivity index (χ0) is 14.7. The maximum Gasteiger partial charge on any atom is 0.168 e. The van der Waals surface area contributed by atoms with Gasteiger partial charge in [-0.15, -0.1) is 0 Å². The average Bonchev–Trinajstić information content (AvgIpc) is 3.30. The number of Topliss-reactive ketones (excluding diaryl/α,β-unsaturated/α-hetero) is 1. The van der Waals surface area contributed by atoms with Gasteiger partial charge in [0.25, 0.3) is 0 Å². The van der Waals surface area contributed by atoms with Crippen LogP contribution in [0, 0.1) is 5.82 Å². The van der Waals surface area contributed by atoms with Crippen molar-refractivity contribution in [2.75, 3.05) is 0 Å². The van der Waals surface area contributed by atoms with E-state index in [0.29, 0.717) is 13.0 Å². The Hall–Kier alpha value is -2.00. The molecule has 2 aromatic rings. The maximum atomic E-state index is 12.9. The van der Waals surface area contributed by atoms with Gasteiger partial charge in [0.2, 0.25) is 0 Å². The van der Waals surface area contributed by atoms with E-state index in [0.717, 1.165) is 24.0 Å². The van der Waals surface area contributed by atoms with Crippen molar-refractivity contribution < 1.29 is 13.9 Å². The molecule has 0 radical (unpaired) electrons. The molecule has 3 rings (SSSR count). The van der Waals surface area contributed by atoms with Crippen molar-refractivity contribution in [1.29, 1.82) is 0 Å². The van der Waals surface area contributed by atoms with Crippen LogP contribution in [-0.2, 0) is 22.6 Å². The molecule has 0 saturated heterocycles. The highest BCUT2D eigenvalue weighted by atomic mass is 19.1. The van der Waals surface area contributed by atoms with Crippen molar-refractivity contribution >= 4 is 5.78 Å². The quantitative estimate of drug-likeness (QED) is 0.808. The van der Waals surface area contributed by atoms with Gasteiger partial charge >= 0.3 is 0 Å². The zero-order valence-corrected chi connectivity index (χ0v) is 11.7.